The Hall–Kier alpha value is -2.88. The number of hydrogen-bond donors (Lipinski definition) is 0. The van der Waals surface area contributed by atoms with Gasteiger partial charge in [0.25, 0.3) is 5.79 Å². The van der Waals surface area contributed by atoms with Gasteiger partial charge in [0.15, 0.2) is 0 Å². The molecule has 0 aliphatic carbocycles. The number of rotatable bonds is 6. The molecule has 1 heterocycles. The lowest BCUT2D eigenvalue weighted by Crippen LogP contribution is -2.43. The molecule has 154 valence electrons. The van der Waals surface area contributed by atoms with Crippen LogP contribution in [0, 0.1) is 6.92 Å². The number of hydrogen-bond acceptors (Lipinski definition) is 4. The van der Waals surface area contributed by atoms with Crippen molar-refractivity contribution in [1.29, 1.82) is 0 Å². The zero-order chi connectivity index (χ0) is 21.3. The molecule has 1 saturated heterocycles. The van der Waals surface area contributed by atoms with Crippen molar-refractivity contribution in [3.8, 4) is 11.1 Å². The number of carbonyl (C=O) groups is 2. The predicted molar refractivity (Wildman–Crippen MR) is 115 cm³/mol. The fraction of sp³-hybridized carbons (Fsp3) is 0.360. The van der Waals surface area contributed by atoms with E-state index in [1.165, 1.54) is 16.7 Å². The molecule has 0 unspecified atom stereocenters. The second-order valence-corrected chi connectivity index (χ2v) is 7.43. The number of esters is 2. The highest BCUT2D eigenvalue weighted by Crippen LogP contribution is 2.27. The van der Waals surface area contributed by atoms with E-state index in [4.69, 9.17) is 9.47 Å². The van der Waals surface area contributed by atoms with E-state index in [1.54, 1.807) is 6.92 Å². The molecule has 1 aliphatic heterocycles. The molecule has 0 bridgehead atoms. The molecule has 29 heavy (non-hydrogen) atoms. The molecule has 0 N–H and O–H groups in total. The van der Waals surface area contributed by atoms with Crippen LogP contribution in [0.4, 0.5) is 0 Å². The number of ether oxygens (including phenoxy) is 2. The zero-order valence-corrected chi connectivity index (χ0v) is 17.6. The van der Waals surface area contributed by atoms with Crippen LogP contribution in [0.3, 0.4) is 0 Å². The van der Waals surface area contributed by atoms with Crippen molar-refractivity contribution in [2.75, 3.05) is 0 Å². The quantitative estimate of drug-likeness (QED) is 0.261. The van der Waals surface area contributed by atoms with Gasteiger partial charge in [-0.05, 0) is 24.5 Å². The molecule has 0 amide bonds. The minimum atomic E-state index is -1.11. The highest BCUT2D eigenvalue weighted by atomic mass is 16.7. The molecule has 0 atom stereocenters. The number of unbranched alkanes of at least 4 members (excludes halogenated alkanes) is 3. The highest BCUT2D eigenvalue weighted by Gasteiger charge is 2.40. The molecule has 1 fully saturated rings. The second kappa shape index (κ2) is 10.6. The Bertz CT molecular complexity index is 802. The van der Waals surface area contributed by atoms with Crippen LogP contribution in [0.5, 0.6) is 0 Å². The Labute approximate surface area is 173 Å². The third-order valence-electron chi connectivity index (χ3n) is 4.75. The summed E-state index contributed by atoms with van der Waals surface area (Å²) in [7, 11) is 0. The monoisotopic (exact) mass is 394 g/mol. The first-order valence-corrected chi connectivity index (χ1v) is 10.1. The lowest BCUT2D eigenvalue weighted by molar-refractivity contribution is -0.231. The molecule has 1 aliphatic rings. The maximum Gasteiger partial charge on any atom is 0.348 e. The van der Waals surface area contributed by atoms with Gasteiger partial charge in [-0.2, -0.15) is 0 Å². The van der Waals surface area contributed by atoms with Crippen LogP contribution >= 0.6 is 0 Å². The Morgan fingerprint density at radius 1 is 0.828 bits per heavy atom. The van der Waals surface area contributed by atoms with Crippen molar-refractivity contribution >= 4 is 11.9 Å². The molecule has 0 radical (unpaired) electrons. The van der Waals surface area contributed by atoms with Gasteiger partial charge in [0, 0.05) is 13.3 Å². The summed E-state index contributed by atoms with van der Waals surface area (Å²) in [4.78, 5) is 22.6. The summed E-state index contributed by atoms with van der Waals surface area (Å²) < 4.78 is 10.1. The number of cyclic esters (lactones) is 2. The normalized spacial score (nSPS) is 15.1. The van der Waals surface area contributed by atoms with Gasteiger partial charge >= 0.3 is 11.9 Å². The molecule has 3 rings (SSSR count). The summed E-state index contributed by atoms with van der Waals surface area (Å²) in [6, 6.07) is 19.0. The average molecular weight is 395 g/mol. The van der Waals surface area contributed by atoms with E-state index in [9.17, 15) is 9.59 Å². The summed E-state index contributed by atoms with van der Waals surface area (Å²) in [6.07, 6.45) is 4.72. The molecule has 2 aromatic rings. The fourth-order valence-electron chi connectivity index (χ4n) is 2.97. The van der Waals surface area contributed by atoms with Crippen LogP contribution < -0.4 is 0 Å². The van der Waals surface area contributed by atoms with E-state index in [0.29, 0.717) is 6.42 Å². The third kappa shape index (κ3) is 6.90. The lowest BCUT2D eigenvalue weighted by atomic mass is 10.0. The van der Waals surface area contributed by atoms with Gasteiger partial charge in [-0.15, -0.1) is 0 Å². The lowest BCUT2D eigenvalue weighted by Gasteiger charge is -2.33. The van der Waals surface area contributed by atoms with Crippen molar-refractivity contribution < 1.29 is 19.1 Å². The minimum Gasteiger partial charge on any atom is -0.419 e. The van der Waals surface area contributed by atoms with Gasteiger partial charge in [-0.25, -0.2) is 9.59 Å². The fourth-order valence-corrected chi connectivity index (χ4v) is 2.97. The van der Waals surface area contributed by atoms with Crippen LogP contribution in [-0.2, 0) is 19.1 Å². The SMILES string of the molecule is C=C1C(=O)OC(C)(CCCCCC)OC1=O.Cc1ccc(-c2ccccc2)cc1. The summed E-state index contributed by atoms with van der Waals surface area (Å²) in [6.45, 7) is 9.14. The van der Waals surface area contributed by atoms with E-state index < -0.39 is 17.7 Å². The Kier molecular flexibility index (Phi) is 8.20. The summed E-state index contributed by atoms with van der Waals surface area (Å²) >= 11 is 0. The first-order valence-electron chi connectivity index (χ1n) is 10.1. The Morgan fingerprint density at radius 3 is 1.93 bits per heavy atom. The molecule has 4 heteroatoms. The van der Waals surface area contributed by atoms with Gasteiger partial charge in [0.1, 0.15) is 5.57 Å². The maximum absolute atomic E-state index is 11.3. The van der Waals surface area contributed by atoms with Crippen LogP contribution in [-0.4, -0.2) is 17.7 Å². The predicted octanol–water partition coefficient (Wildman–Crippen LogP) is 5.99. The molecular formula is C25H30O4. The largest absolute Gasteiger partial charge is 0.419 e. The van der Waals surface area contributed by atoms with E-state index in [2.05, 4.69) is 69.0 Å². The van der Waals surface area contributed by atoms with Crippen molar-refractivity contribution in [2.24, 2.45) is 0 Å². The molecule has 0 aromatic heterocycles. The zero-order valence-electron chi connectivity index (χ0n) is 17.6. The van der Waals surface area contributed by atoms with E-state index in [1.807, 2.05) is 6.07 Å². The van der Waals surface area contributed by atoms with Crippen molar-refractivity contribution in [3.05, 3.63) is 72.3 Å². The van der Waals surface area contributed by atoms with E-state index in [-0.39, 0.29) is 5.57 Å². The van der Waals surface area contributed by atoms with E-state index >= 15 is 0 Å². The minimum absolute atomic E-state index is 0.231. The topological polar surface area (TPSA) is 52.6 Å². The second-order valence-electron chi connectivity index (χ2n) is 7.43. The van der Waals surface area contributed by atoms with Gasteiger partial charge in [0.2, 0.25) is 0 Å². The van der Waals surface area contributed by atoms with Crippen molar-refractivity contribution in [2.45, 2.75) is 58.7 Å². The average Bonchev–Trinajstić information content (AvgIpc) is 2.71. The van der Waals surface area contributed by atoms with Crippen LogP contribution in [0.25, 0.3) is 11.1 Å². The van der Waals surface area contributed by atoms with E-state index in [0.717, 1.165) is 25.7 Å². The molecular weight excluding hydrogens is 364 g/mol. The number of aryl methyl sites for hydroxylation is 1. The first kappa shape index (κ1) is 22.4. The number of carbonyl (C=O) groups excluding carboxylic acids is 2. The van der Waals surface area contributed by atoms with Gasteiger partial charge in [-0.3, -0.25) is 0 Å². The van der Waals surface area contributed by atoms with Crippen molar-refractivity contribution in [1.82, 2.24) is 0 Å². The summed E-state index contributed by atoms with van der Waals surface area (Å²) in [5, 5.41) is 0. The van der Waals surface area contributed by atoms with Crippen LogP contribution in [0.2, 0.25) is 0 Å². The van der Waals surface area contributed by atoms with Crippen molar-refractivity contribution in [3.63, 3.8) is 0 Å². The Balaban J connectivity index is 0.000000211. The van der Waals surface area contributed by atoms with Gasteiger partial charge in [0.05, 0.1) is 0 Å². The van der Waals surface area contributed by atoms with Gasteiger partial charge in [-0.1, -0.05) is 92.9 Å². The Morgan fingerprint density at radius 2 is 1.38 bits per heavy atom. The first-order chi connectivity index (χ1) is 13.8. The summed E-state index contributed by atoms with van der Waals surface area (Å²) in [5.74, 6) is -2.45. The summed E-state index contributed by atoms with van der Waals surface area (Å²) in [5.41, 5.74) is 3.64. The van der Waals surface area contributed by atoms with Crippen LogP contribution in [0.1, 0.15) is 51.5 Å². The molecule has 2 aromatic carbocycles. The maximum atomic E-state index is 11.3. The standard InChI is InChI=1S/C13H12.C12H18O4/c1-11-7-9-13(10-8-11)12-5-3-2-4-6-12;1-4-5-6-7-8-12(3)15-10(13)9(2)11(14)16-12/h2-10H,1H3;2,4-8H2,1,3H3. The number of benzene rings is 2. The molecule has 0 saturated carbocycles. The third-order valence-corrected chi connectivity index (χ3v) is 4.75. The molecule has 0 spiro atoms. The molecule has 4 nitrogen and oxygen atoms in total. The highest BCUT2D eigenvalue weighted by molar-refractivity contribution is 6.14. The van der Waals surface area contributed by atoms with Crippen LogP contribution in [0.15, 0.2) is 66.7 Å². The smallest absolute Gasteiger partial charge is 0.348 e. The van der Waals surface area contributed by atoms with Gasteiger partial charge < -0.3 is 9.47 Å².